The number of nitrogens with zero attached hydrogens (tertiary/aromatic N) is 1. The normalized spacial score (nSPS) is 17.2. The number of rotatable bonds is 9. The van der Waals surface area contributed by atoms with E-state index in [-0.39, 0.29) is 5.91 Å². The summed E-state index contributed by atoms with van der Waals surface area (Å²) in [5.74, 6) is 1.58. The van der Waals surface area contributed by atoms with E-state index in [1.807, 2.05) is 31.2 Å². The number of nitrogens with one attached hydrogen (secondary N) is 1. The Kier molecular flexibility index (Phi) is 7.92. The van der Waals surface area contributed by atoms with Gasteiger partial charge in [-0.05, 0) is 61.9 Å². The number of carbonyl (C=O) groups excluding carboxylic acids is 1. The molecule has 0 radical (unpaired) electrons. The van der Waals surface area contributed by atoms with Crippen molar-refractivity contribution in [3.05, 3.63) is 65.7 Å². The standard InChI is InChI=1S/C24H32N2O2/c1-2-28-23-13-10-20(11-14-23)12-15-24(27)25-17-22-9-6-16-26(19-22)18-21-7-4-3-5-8-21/h3-5,7-8,10-11,13-14,22H,2,6,9,12,15-19H2,1H3,(H,25,27). The van der Waals surface area contributed by atoms with Crippen LogP contribution in [-0.2, 0) is 17.8 Å². The van der Waals surface area contributed by atoms with Crippen LogP contribution >= 0.6 is 0 Å². The van der Waals surface area contributed by atoms with Crippen LogP contribution in [0.4, 0.5) is 0 Å². The van der Waals surface area contributed by atoms with Crippen LogP contribution in [0.15, 0.2) is 54.6 Å². The van der Waals surface area contributed by atoms with E-state index in [0.717, 1.165) is 38.3 Å². The van der Waals surface area contributed by atoms with Crippen molar-refractivity contribution < 1.29 is 9.53 Å². The average molecular weight is 381 g/mol. The highest BCUT2D eigenvalue weighted by molar-refractivity contribution is 5.76. The Labute approximate surface area is 168 Å². The van der Waals surface area contributed by atoms with E-state index in [9.17, 15) is 4.79 Å². The van der Waals surface area contributed by atoms with Gasteiger partial charge in [-0.3, -0.25) is 9.69 Å². The topological polar surface area (TPSA) is 41.6 Å². The van der Waals surface area contributed by atoms with Gasteiger partial charge in [0.1, 0.15) is 5.75 Å². The lowest BCUT2D eigenvalue weighted by molar-refractivity contribution is -0.121. The number of amides is 1. The van der Waals surface area contributed by atoms with Gasteiger partial charge in [0.2, 0.25) is 5.91 Å². The van der Waals surface area contributed by atoms with Crippen LogP contribution in [0.3, 0.4) is 0 Å². The van der Waals surface area contributed by atoms with Crippen LogP contribution in [0.5, 0.6) is 5.75 Å². The van der Waals surface area contributed by atoms with Crippen LogP contribution in [0.1, 0.15) is 37.3 Å². The van der Waals surface area contributed by atoms with E-state index in [1.165, 1.54) is 24.0 Å². The van der Waals surface area contributed by atoms with Crippen LogP contribution in [0, 0.1) is 5.92 Å². The van der Waals surface area contributed by atoms with Crippen molar-refractivity contribution in [3.8, 4) is 5.75 Å². The molecule has 1 aliphatic rings. The van der Waals surface area contributed by atoms with Gasteiger partial charge in [-0.25, -0.2) is 0 Å². The lowest BCUT2D eigenvalue weighted by Gasteiger charge is -2.32. The summed E-state index contributed by atoms with van der Waals surface area (Å²) >= 11 is 0. The number of hydrogen-bond donors (Lipinski definition) is 1. The fourth-order valence-corrected chi connectivity index (χ4v) is 3.83. The van der Waals surface area contributed by atoms with Crippen molar-refractivity contribution in [1.82, 2.24) is 10.2 Å². The van der Waals surface area contributed by atoms with E-state index < -0.39 is 0 Å². The molecule has 1 atom stereocenters. The summed E-state index contributed by atoms with van der Waals surface area (Å²) in [7, 11) is 0. The molecule has 1 saturated heterocycles. The summed E-state index contributed by atoms with van der Waals surface area (Å²) in [6.45, 7) is 6.65. The highest BCUT2D eigenvalue weighted by Gasteiger charge is 2.20. The van der Waals surface area contributed by atoms with Gasteiger partial charge in [0, 0.05) is 26.1 Å². The lowest BCUT2D eigenvalue weighted by Crippen LogP contribution is -2.40. The summed E-state index contributed by atoms with van der Waals surface area (Å²) in [4.78, 5) is 14.8. The molecule has 28 heavy (non-hydrogen) atoms. The molecule has 150 valence electrons. The average Bonchev–Trinajstić information content (AvgIpc) is 2.73. The third-order valence-electron chi connectivity index (χ3n) is 5.32. The Balaban J connectivity index is 1.36. The Bertz CT molecular complexity index is 715. The molecule has 2 aromatic carbocycles. The predicted molar refractivity (Wildman–Crippen MR) is 113 cm³/mol. The van der Waals surface area contributed by atoms with Crippen molar-refractivity contribution in [1.29, 1.82) is 0 Å². The zero-order valence-electron chi connectivity index (χ0n) is 16.9. The molecular formula is C24H32N2O2. The first-order valence-corrected chi connectivity index (χ1v) is 10.5. The summed E-state index contributed by atoms with van der Waals surface area (Å²) < 4.78 is 5.45. The van der Waals surface area contributed by atoms with Crippen LogP contribution in [-0.4, -0.2) is 37.0 Å². The Morgan fingerprint density at radius 1 is 1.11 bits per heavy atom. The molecule has 3 rings (SSSR count). The molecule has 0 bridgehead atoms. The predicted octanol–water partition coefficient (Wildman–Crippen LogP) is 4.05. The Hall–Kier alpha value is -2.33. The second-order valence-electron chi connectivity index (χ2n) is 7.61. The van der Waals surface area contributed by atoms with Crippen molar-refractivity contribution in [3.63, 3.8) is 0 Å². The highest BCUT2D eigenvalue weighted by atomic mass is 16.5. The summed E-state index contributed by atoms with van der Waals surface area (Å²) in [6.07, 6.45) is 3.71. The van der Waals surface area contributed by atoms with Crippen molar-refractivity contribution in [2.24, 2.45) is 5.92 Å². The molecule has 0 aromatic heterocycles. The van der Waals surface area contributed by atoms with Gasteiger partial charge in [0.25, 0.3) is 0 Å². The molecule has 0 aliphatic carbocycles. The lowest BCUT2D eigenvalue weighted by atomic mass is 9.97. The third-order valence-corrected chi connectivity index (χ3v) is 5.32. The minimum Gasteiger partial charge on any atom is -0.494 e. The summed E-state index contributed by atoms with van der Waals surface area (Å²) in [5.41, 5.74) is 2.54. The number of ether oxygens (including phenoxy) is 1. The third kappa shape index (κ3) is 6.68. The number of likely N-dealkylation sites (tertiary alicyclic amines) is 1. The van der Waals surface area contributed by atoms with Crippen molar-refractivity contribution in [2.45, 2.75) is 39.2 Å². The smallest absolute Gasteiger partial charge is 0.220 e. The molecule has 1 heterocycles. The largest absolute Gasteiger partial charge is 0.494 e. The molecular weight excluding hydrogens is 348 g/mol. The van der Waals surface area contributed by atoms with E-state index in [4.69, 9.17) is 4.74 Å². The quantitative estimate of drug-likeness (QED) is 0.714. The molecule has 4 nitrogen and oxygen atoms in total. The molecule has 2 aromatic rings. The number of aryl methyl sites for hydroxylation is 1. The van der Waals surface area contributed by atoms with E-state index in [2.05, 4.69) is 40.5 Å². The second kappa shape index (κ2) is 10.9. The first-order chi connectivity index (χ1) is 13.7. The van der Waals surface area contributed by atoms with Gasteiger partial charge >= 0.3 is 0 Å². The van der Waals surface area contributed by atoms with Gasteiger partial charge in [0.15, 0.2) is 0 Å². The van der Waals surface area contributed by atoms with Crippen molar-refractivity contribution >= 4 is 5.91 Å². The maximum atomic E-state index is 12.3. The van der Waals surface area contributed by atoms with Gasteiger partial charge < -0.3 is 10.1 Å². The minimum atomic E-state index is 0.147. The van der Waals surface area contributed by atoms with E-state index in [0.29, 0.717) is 18.9 Å². The number of carbonyl (C=O) groups is 1. The molecule has 1 unspecified atom stereocenters. The minimum absolute atomic E-state index is 0.147. The molecule has 1 aliphatic heterocycles. The van der Waals surface area contributed by atoms with Crippen LogP contribution < -0.4 is 10.1 Å². The maximum Gasteiger partial charge on any atom is 0.220 e. The van der Waals surface area contributed by atoms with Crippen LogP contribution in [0.25, 0.3) is 0 Å². The molecule has 4 heteroatoms. The second-order valence-corrected chi connectivity index (χ2v) is 7.61. The SMILES string of the molecule is CCOc1ccc(CCC(=O)NCC2CCCN(Cc3ccccc3)C2)cc1. The molecule has 0 saturated carbocycles. The zero-order chi connectivity index (χ0) is 19.6. The summed E-state index contributed by atoms with van der Waals surface area (Å²) in [5, 5.41) is 3.15. The first-order valence-electron chi connectivity index (χ1n) is 10.5. The van der Waals surface area contributed by atoms with Gasteiger partial charge in [-0.1, -0.05) is 42.5 Å². The van der Waals surface area contributed by atoms with Crippen LogP contribution in [0.2, 0.25) is 0 Å². The fraction of sp³-hybridized carbons (Fsp3) is 0.458. The van der Waals surface area contributed by atoms with Gasteiger partial charge in [-0.2, -0.15) is 0 Å². The van der Waals surface area contributed by atoms with Gasteiger partial charge in [0.05, 0.1) is 6.61 Å². The van der Waals surface area contributed by atoms with Gasteiger partial charge in [-0.15, -0.1) is 0 Å². The molecule has 1 N–H and O–H groups in total. The van der Waals surface area contributed by atoms with E-state index >= 15 is 0 Å². The van der Waals surface area contributed by atoms with Crippen molar-refractivity contribution in [2.75, 3.05) is 26.2 Å². The molecule has 1 fully saturated rings. The molecule has 1 amide bonds. The Morgan fingerprint density at radius 2 is 1.89 bits per heavy atom. The monoisotopic (exact) mass is 380 g/mol. The Morgan fingerprint density at radius 3 is 2.64 bits per heavy atom. The fourth-order valence-electron chi connectivity index (χ4n) is 3.83. The zero-order valence-corrected chi connectivity index (χ0v) is 16.9. The number of piperidine rings is 1. The molecule has 0 spiro atoms. The number of benzene rings is 2. The maximum absolute atomic E-state index is 12.3. The summed E-state index contributed by atoms with van der Waals surface area (Å²) in [6, 6.07) is 18.7. The first kappa shape index (κ1) is 20.4. The highest BCUT2D eigenvalue weighted by Crippen LogP contribution is 2.18. The van der Waals surface area contributed by atoms with E-state index in [1.54, 1.807) is 0 Å². The number of hydrogen-bond acceptors (Lipinski definition) is 3.